The Kier molecular flexibility index (Phi) is 8.81. The lowest BCUT2D eigenvalue weighted by Gasteiger charge is -2.41. The van der Waals surface area contributed by atoms with E-state index in [1.165, 1.54) is 5.56 Å². The fraction of sp³-hybridized carbons (Fsp3) is 0.464. The van der Waals surface area contributed by atoms with Crippen LogP contribution in [0.4, 0.5) is 0 Å². The molecule has 0 radical (unpaired) electrons. The molecule has 1 N–H and O–H groups in total. The Labute approximate surface area is 197 Å². The van der Waals surface area contributed by atoms with Crippen molar-refractivity contribution in [1.29, 1.82) is 0 Å². The van der Waals surface area contributed by atoms with E-state index in [1.807, 2.05) is 61.5 Å². The molecule has 0 aromatic heterocycles. The quantitative estimate of drug-likeness (QED) is 0.573. The van der Waals surface area contributed by atoms with Gasteiger partial charge in [-0.05, 0) is 55.4 Å². The summed E-state index contributed by atoms with van der Waals surface area (Å²) in [7, 11) is 0. The summed E-state index contributed by atoms with van der Waals surface area (Å²) in [5, 5.41) is 2.76. The minimum absolute atomic E-state index is 0.0301. The topological polar surface area (TPSA) is 66.5 Å². The van der Waals surface area contributed by atoms with Gasteiger partial charge in [-0.3, -0.25) is 14.4 Å². The monoisotopic (exact) mass is 448 g/mol. The molecule has 1 heterocycles. The lowest BCUT2D eigenvalue weighted by Crippen LogP contribution is -2.51. The number of piperidine rings is 1. The zero-order valence-electron chi connectivity index (χ0n) is 19.9. The van der Waals surface area contributed by atoms with E-state index >= 15 is 0 Å². The van der Waals surface area contributed by atoms with E-state index in [-0.39, 0.29) is 24.1 Å². The lowest BCUT2D eigenvalue weighted by atomic mass is 9.68. The predicted octanol–water partition coefficient (Wildman–Crippen LogP) is 4.69. The van der Waals surface area contributed by atoms with Crippen molar-refractivity contribution < 1.29 is 14.4 Å². The van der Waals surface area contributed by atoms with Gasteiger partial charge in [0.2, 0.25) is 5.91 Å². The maximum absolute atomic E-state index is 13.1. The van der Waals surface area contributed by atoms with E-state index in [9.17, 15) is 14.4 Å². The van der Waals surface area contributed by atoms with Crippen LogP contribution in [-0.2, 0) is 21.4 Å². The molecule has 0 bridgehead atoms. The van der Waals surface area contributed by atoms with Crippen LogP contribution >= 0.6 is 0 Å². The number of amides is 2. The third-order valence-electron chi connectivity index (χ3n) is 6.74. The first-order valence-electron chi connectivity index (χ1n) is 12.2. The van der Waals surface area contributed by atoms with Crippen LogP contribution in [0.2, 0.25) is 0 Å². The summed E-state index contributed by atoms with van der Waals surface area (Å²) in [4.78, 5) is 40.1. The van der Waals surface area contributed by atoms with Crippen LogP contribution in [0.3, 0.4) is 0 Å². The number of hydrogen-bond acceptors (Lipinski definition) is 3. The molecule has 0 aliphatic carbocycles. The summed E-state index contributed by atoms with van der Waals surface area (Å²) < 4.78 is 0. The van der Waals surface area contributed by atoms with E-state index < -0.39 is 5.41 Å². The van der Waals surface area contributed by atoms with Gasteiger partial charge in [-0.15, -0.1) is 0 Å². The summed E-state index contributed by atoms with van der Waals surface area (Å²) in [6.07, 6.45) is 5.89. The Morgan fingerprint density at radius 2 is 1.58 bits per heavy atom. The molecule has 5 heteroatoms. The fourth-order valence-electron chi connectivity index (χ4n) is 4.66. The Morgan fingerprint density at radius 3 is 2.18 bits per heavy atom. The largest absolute Gasteiger partial charge is 0.343 e. The molecular formula is C28H36N2O3. The van der Waals surface area contributed by atoms with E-state index in [2.05, 4.69) is 12.2 Å². The van der Waals surface area contributed by atoms with Gasteiger partial charge in [0.25, 0.3) is 5.91 Å². The van der Waals surface area contributed by atoms with Gasteiger partial charge in [0.05, 0.1) is 12.0 Å². The van der Waals surface area contributed by atoms with Crippen molar-refractivity contribution in [3.63, 3.8) is 0 Å². The number of likely N-dealkylation sites (tertiary alicyclic amines) is 1. The van der Waals surface area contributed by atoms with Gasteiger partial charge in [-0.2, -0.15) is 0 Å². The van der Waals surface area contributed by atoms with Gasteiger partial charge < -0.3 is 10.2 Å². The van der Waals surface area contributed by atoms with Gasteiger partial charge in [-0.1, -0.05) is 62.7 Å². The van der Waals surface area contributed by atoms with Crippen LogP contribution in [0, 0.1) is 0 Å². The van der Waals surface area contributed by atoms with Crippen LogP contribution in [0.1, 0.15) is 73.9 Å². The maximum Gasteiger partial charge on any atom is 0.251 e. The molecule has 2 aromatic carbocycles. The molecule has 2 aromatic rings. The van der Waals surface area contributed by atoms with Crippen LogP contribution in [0.25, 0.3) is 0 Å². The van der Waals surface area contributed by atoms with Crippen LogP contribution < -0.4 is 5.32 Å². The van der Waals surface area contributed by atoms with Crippen molar-refractivity contribution >= 4 is 17.6 Å². The van der Waals surface area contributed by atoms with Crippen LogP contribution in [0.15, 0.2) is 54.6 Å². The summed E-state index contributed by atoms with van der Waals surface area (Å²) in [6, 6.07) is 17.6. The smallest absolute Gasteiger partial charge is 0.251 e. The summed E-state index contributed by atoms with van der Waals surface area (Å²) in [5.41, 5.74) is 2.31. The number of ketones is 1. The average molecular weight is 449 g/mol. The second-order valence-electron chi connectivity index (χ2n) is 8.99. The highest BCUT2D eigenvalue weighted by Crippen LogP contribution is 2.37. The molecular weight excluding hydrogens is 412 g/mol. The SMILES string of the molecule is CCCCc1ccc(C(=O)NCC(=O)N2CCC(C(=O)CCC)(c3ccccc3)CC2)cc1. The van der Waals surface area contributed by atoms with E-state index in [0.29, 0.717) is 37.9 Å². The number of carbonyl (C=O) groups excluding carboxylic acids is 3. The van der Waals surface area contributed by atoms with Crippen molar-refractivity contribution in [2.24, 2.45) is 0 Å². The summed E-state index contributed by atoms with van der Waals surface area (Å²) in [5.74, 6) is -0.0781. The first kappa shape index (κ1) is 24.7. The first-order valence-corrected chi connectivity index (χ1v) is 12.2. The first-order chi connectivity index (χ1) is 16.0. The molecule has 1 aliphatic rings. The molecule has 3 rings (SSSR count). The normalized spacial score (nSPS) is 15.2. The Balaban J connectivity index is 1.56. The van der Waals surface area contributed by atoms with E-state index in [1.54, 1.807) is 4.90 Å². The van der Waals surface area contributed by atoms with Crippen molar-refractivity contribution in [3.8, 4) is 0 Å². The third-order valence-corrected chi connectivity index (χ3v) is 6.74. The molecule has 0 spiro atoms. The maximum atomic E-state index is 13.1. The van der Waals surface area contributed by atoms with Crippen molar-refractivity contribution in [2.75, 3.05) is 19.6 Å². The third kappa shape index (κ3) is 6.10. The zero-order valence-corrected chi connectivity index (χ0v) is 19.9. The van der Waals surface area contributed by atoms with E-state index in [0.717, 1.165) is 31.2 Å². The second-order valence-corrected chi connectivity index (χ2v) is 8.99. The zero-order chi connectivity index (χ0) is 23.7. The predicted molar refractivity (Wildman–Crippen MR) is 131 cm³/mol. The van der Waals surface area contributed by atoms with E-state index in [4.69, 9.17) is 0 Å². The van der Waals surface area contributed by atoms with Crippen molar-refractivity contribution in [2.45, 2.75) is 64.2 Å². The molecule has 0 unspecified atom stereocenters. The van der Waals surface area contributed by atoms with Gasteiger partial charge in [0.1, 0.15) is 5.78 Å². The lowest BCUT2D eigenvalue weighted by molar-refractivity contribution is -0.135. The molecule has 1 aliphatic heterocycles. The molecule has 0 atom stereocenters. The molecule has 33 heavy (non-hydrogen) atoms. The number of hydrogen-bond donors (Lipinski definition) is 1. The van der Waals surface area contributed by atoms with Gasteiger partial charge in [-0.25, -0.2) is 0 Å². The number of rotatable bonds is 10. The molecule has 5 nitrogen and oxygen atoms in total. The number of unbranched alkanes of at least 4 members (excludes halogenated alkanes) is 1. The second kappa shape index (κ2) is 11.8. The average Bonchev–Trinajstić information content (AvgIpc) is 2.86. The molecule has 0 saturated carbocycles. The fourth-order valence-corrected chi connectivity index (χ4v) is 4.66. The molecule has 176 valence electrons. The Bertz CT molecular complexity index is 929. The highest BCUT2D eigenvalue weighted by molar-refractivity contribution is 5.96. The minimum atomic E-state index is -0.517. The number of nitrogens with one attached hydrogen (secondary N) is 1. The standard InChI is InChI=1S/C28H36N2O3/c1-3-5-10-22-13-15-23(16-14-22)27(33)29-21-26(32)30-19-17-28(18-20-30,25(31)9-4-2)24-11-7-6-8-12-24/h6-8,11-16H,3-5,9-10,17-21H2,1-2H3,(H,29,33). The number of Topliss-reactive ketones (excluding diaryl/α,β-unsaturated/α-hetero) is 1. The van der Waals surface area contributed by atoms with Crippen molar-refractivity contribution in [3.05, 3.63) is 71.3 Å². The highest BCUT2D eigenvalue weighted by atomic mass is 16.2. The summed E-state index contributed by atoms with van der Waals surface area (Å²) >= 11 is 0. The van der Waals surface area contributed by atoms with Crippen LogP contribution in [-0.4, -0.2) is 42.1 Å². The number of carbonyl (C=O) groups is 3. The van der Waals surface area contributed by atoms with Crippen LogP contribution in [0.5, 0.6) is 0 Å². The van der Waals surface area contributed by atoms with Gasteiger partial charge in [0, 0.05) is 25.1 Å². The number of aryl methyl sites for hydroxylation is 1. The van der Waals surface area contributed by atoms with Crippen molar-refractivity contribution in [1.82, 2.24) is 10.2 Å². The minimum Gasteiger partial charge on any atom is -0.343 e. The number of nitrogens with zero attached hydrogens (tertiary/aromatic N) is 1. The molecule has 1 saturated heterocycles. The Morgan fingerprint density at radius 1 is 0.909 bits per heavy atom. The number of benzene rings is 2. The molecule has 1 fully saturated rings. The Hall–Kier alpha value is -2.95. The summed E-state index contributed by atoms with van der Waals surface area (Å²) in [6.45, 7) is 5.19. The van der Waals surface area contributed by atoms with Gasteiger partial charge >= 0.3 is 0 Å². The van der Waals surface area contributed by atoms with Gasteiger partial charge in [0.15, 0.2) is 0 Å². The highest BCUT2D eigenvalue weighted by Gasteiger charge is 2.42. The molecule has 2 amide bonds.